The van der Waals surface area contributed by atoms with Crippen molar-refractivity contribution in [2.24, 2.45) is 5.92 Å². The Hall–Kier alpha value is -3.18. The summed E-state index contributed by atoms with van der Waals surface area (Å²) in [5.74, 6) is 0.287. The highest BCUT2D eigenvalue weighted by atomic mass is 16.5. The molecule has 1 aliphatic carbocycles. The summed E-state index contributed by atoms with van der Waals surface area (Å²) >= 11 is 0. The highest BCUT2D eigenvalue weighted by Gasteiger charge is 2.29. The van der Waals surface area contributed by atoms with Crippen LogP contribution in [0, 0.1) is 17.2 Å². The fourth-order valence-corrected chi connectivity index (χ4v) is 4.53. The molecular weight excluding hydrogens is 430 g/mol. The van der Waals surface area contributed by atoms with E-state index in [1.807, 2.05) is 25.1 Å². The number of hydrogen-bond donors (Lipinski definition) is 2. The maximum absolute atomic E-state index is 11.3. The van der Waals surface area contributed by atoms with Crippen molar-refractivity contribution < 1.29 is 14.6 Å². The van der Waals surface area contributed by atoms with Gasteiger partial charge in [-0.05, 0) is 61.3 Å². The Morgan fingerprint density at radius 3 is 2.53 bits per heavy atom. The maximum Gasteiger partial charge on any atom is 0.303 e. The first kappa shape index (κ1) is 25.4. The lowest BCUT2D eigenvalue weighted by Gasteiger charge is -2.39. The Kier molecular flexibility index (Phi) is 8.83. The topological polar surface area (TPSA) is 111 Å². The largest absolute Gasteiger partial charge is 0.481 e. The molecule has 1 aliphatic rings. The molecule has 0 aliphatic heterocycles. The van der Waals surface area contributed by atoms with Crippen LogP contribution < -0.4 is 10.2 Å². The van der Waals surface area contributed by atoms with Crippen molar-refractivity contribution in [1.82, 2.24) is 9.97 Å². The van der Waals surface area contributed by atoms with Gasteiger partial charge >= 0.3 is 5.97 Å². The van der Waals surface area contributed by atoms with Gasteiger partial charge in [0.1, 0.15) is 11.8 Å². The lowest BCUT2D eigenvalue weighted by molar-refractivity contribution is -0.137. The molecular formula is C26H35N5O3. The molecule has 182 valence electrons. The van der Waals surface area contributed by atoms with Gasteiger partial charge in [0.25, 0.3) is 0 Å². The Labute approximate surface area is 202 Å². The van der Waals surface area contributed by atoms with Gasteiger partial charge in [-0.1, -0.05) is 20.8 Å². The molecule has 1 saturated carbocycles. The van der Waals surface area contributed by atoms with Gasteiger partial charge in [0.05, 0.1) is 30.1 Å². The minimum atomic E-state index is -0.835. The Bertz CT molecular complexity index is 994. The molecule has 3 rings (SSSR count). The zero-order valence-corrected chi connectivity index (χ0v) is 20.5. The Morgan fingerprint density at radius 2 is 1.97 bits per heavy atom. The number of carbonyl (C=O) groups is 1. The first-order valence-electron chi connectivity index (χ1n) is 11.9. The smallest absolute Gasteiger partial charge is 0.303 e. The van der Waals surface area contributed by atoms with E-state index in [2.05, 4.69) is 29.0 Å². The number of pyridine rings is 2. The average Bonchev–Trinajstić information content (AvgIpc) is 2.82. The zero-order chi connectivity index (χ0) is 24.7. The highest BCUT2D eigenvalue weighted by Crippen LogP contribution is 2.35. The normalized spacial score (nSPS) is 18.8. The number of aromatic nitrogens is 2. The molecule has 0 unspecified atom stereocenters. The van der Waals surface area contributed by atoms with Crippen LogP contribution in [0.5, 0.6) is 0 Å². The number of nitriles is 1. The summed E-state index contributed by atoms with van der Waals surface area (Å²) < 4.78 is 5.58. The highest BCUT2D eigenvalue weighted by molar-refractivity contribution is 5.74. The molecule has 0 amide bonds. The Morgan fingerprint density at radius 1 is 1.24 bits per heavy atom. The fourth-order valence-electron chi connectivity index (χ4n) is 4.53. The number of hydrogen-bond acceptors (Lipinski definition) is 7. The van der Waals surface area contributed by atoms with Gasteiger partial charge in [-0.2, -0.15) is 5.26 Å². The van der Waals surface area contributed by atoms with Gasteiger partial charge in [-0.25, -0.2) is 9.97 Å². The predicted octanol–water partition coefficient (Wildman–Crippen LogP) is 5.09. The third-order valence-electron chi connectivity index (χ3n) is 6.35. The maximum atomic E-state index is 11.3. The molecule has 0 aromatic carbocycles. The molecule has 0 saturated heterocycles. The van der Waals surface area contributed by atoms with Crippen molar-refractivity contribution in [1.29, 1.82) is 5.26 Å². The molecule has 0 radical (unpaired) electrons. The molecule has 0 spiro atoms. The molecule has 2 heterocycles. The van der Waals surface area contributed by atoms with E-state index in [0.717, 1.165) is 55.0 Å². The molecule has 8 heteroatoms. The number of ether oxygens (including phenoxy) is 1. The van der Waals surface area contributed by atoms with E-state index in [4.69, 9.17) is 15.0 Å². The second kappa shape index (κ2) is 11.8. The first-order valence-corrected chi connectivity index (χ1v) is 11.9. The number of anilines is 3. The van der Waals surface area contributed by atoms with Gasteiger partial charge < -0.3 is 20.1 Å². The number of nitrogens with one attached hydrogen (secondary N) is 1. The van der Waals surface area contributed by atoms with Crippen LogP contribution >= 0.6 is 0 Å². The second-order valence-corrected chi connectivity index (χ2v) is 9.52. The summed E-state index contributed by atoms with van der Waals surface area (Å²) in [6.45, 7) is 7.17. The SMILES string of the molecule is CO[C@H]1CC[C@@H](N(CC(C)C)c2ncc([C@H](C)CC(=O)O)cc2Nc2ccc(C#N)nc2)CC1. The van der Waals surface area contributed by atoms with Crippen LogP contribution in [0.15, 0.2) is 30.6 Å². The predicted molar refractivity (Wildman–Crippen MR) is 132 cm³/mol. The summed E-state index contributed by atoms with van der Waals surface area (Å²) in [7, 11) is 1.78. The molecule has 1 atom stereocenters. The van der Waals surface area contributed by atoms with Crippen LogP contribution in [0.3, 0.4) is 0 Å². The van der Waals surface area contributed by atoms with Crippen molar-refractivity contribution in [3.8, 4) is 6.07 Å². The van der Waals surface area contributed by atoms with Crippen LogP contribution in [0.2, 0.25) is 0 Å². The van der Waals surface area contributed by atoms with Crippen molar-refractivity contribution in [2.75, 3.05) is 23.9 Å². The molecule has 1 fully saturated rings. The number of nitrogens with zero attached hydrogens (tertiary/aromatic N) is 4. The van der Waals surface area contributed by atoms with Crippen LogP contribution in [0.1, 0.15) is 70.1 Å². The molecule has 2 N–H and O–H groups in total. The summed E-state index contributed by atoms with van der Waals surface area (Å²) in [5.41, 5.74) is 2.78. The van der Waals surface area contributed by atoms with E-state index in [-0.39, 0.29) is 12.3 Å². The van der Waals surface area contributed by atoms with Gasteiger partial charge in [0.2, 0.25) is 0 Å². The number of rotatable bonds is 10. The molecule has 34 heavy (non-hydrogen) atoms. The standard InChI is InChI=1S/C26H35N5O3/c1-17(2)16-31(22-7-9-23(34-4)10-8-22)26-24(30-21-6-5-20(13-27)28-15-21)12-19(14-29-26)18(3)11-25(32)33/h5-6,12,14-15,17-18,22-23,30H,7-11,16H2,1-4H3,(H,32,33)/t18-,22-,23+/m1/s1. The van der Waals surface area contributed by atoms with Gasteiger partial charge in [-0.15, -0.1) is 0 Å². The van der Waals surface area contributed by atoms with Crippen LogP contribution in [0.4, 0.5) is 17.2 Å². The minimum absolute atomic E-state index is 0.0373. The number of aliphatic carboxylic acids is 1. The van der Waals surface area contributed by atoms with E-state index in [9.17, 15) is 9.90 Å². The van der Waals surface area contributed by atoms with Gasteiger partial charge in [0, 0.05) is 25.9 Å². The van der Waals surface area contributed by atoms with Gasteiger partial charge in [-0.3, -0.25) is 4.79 Å². The molecule has 0 bridgehead atoms. The van der Waals surface area contributed by atoms with Crippen LogP contribution in [0.25, 0.3) is 0 Å². The zero-order valence-electron chi connectivity index (χ0n) is 20.5. The summed E-state index contributed by atoms with van der Waals surface area (Å²) in [6.07, 6.45) is 7.88. The first-order chi connectivity index (χ1) is 16.3. The van der Waals surface area contributed by atoms with Crippen molar-refractivity contribution >= 4 is 23.2 Å². The Balaban J connectivity index is 1.99. The number of carboxylic acid groups (broad SMARTS) is 1. The third-order valence-corrected chi connectivity index (χ3v) is 6.35. The van der Waals surface area contributed by atoms with Crippen molar-refractivity contribution in [2.45, 2.75) is 70.9 Å². The number of methoxy groups -OCH3 is 1. The third kappa shape index (κ3) is 6.67. The van der Waals surface area contributed by atoms with E-state index in [1.54, 1.807) is 25.6 Å². The fraction of sp³-hybridized carbons (Fsp3) is 0.538. The van der Waals surface area contributed by atoms with Crippen molar-refractivity contribution in [3.63, 3.8) is 0 Å². The van der Waals surface area contributed by atoms with Crippen LogP contribution in [-0.4, -0.2) is 46.8 Å². The summed E-state index contributed by atoms with van der Waals surface area (Å²) in [6, 6.07) is 7.88. The van der Waals surface area contributed by atoms with E-state index >= 15 is 0 Å². The lowest BCUT2D eigenvalue weighted by Crippen LogP contribution is -2.42. The number of carboxylic acids is 1. The monoisotopic (exact) mass is 465 g/mol. The van der Waals surface area contributed by atoms with Gasteiger partial charge in [0.15, 0.2) is 5.82 Å². The van der Waals surface area contributed by atoms with E-state index in [1.165, 1.54) is 0 Å². The average molecular weight is 466 g/mol. The molecule has 8 nitrogen and oxygen atoms in total. The summed E-state index contributed by atoms with van der Waals surface area (Å²) in [5, 5.41) is 21.8. The minimum Gasteiger partial charge on any atom is -0.481 e. The lowest BCUT2D eigenvalue weighted by atomic mass is 9.91. The quantitative estimate of drug-likeness (QED) is 0.499. The van der Waals surface area contributed by atoms with Crippen molar-refractivity contribution in [3.05, 3.63) is 41.9 Å². The molecule has 2 aromatic rings. The van der Waals surface area contributed by atoms with E-state index in [0.29, 0.717) is 23.8 Å². The van der Waals surface area contributed by atoms with E-state index < -0.39 is 5.97 Å². The molecule has 2 aromatic heterocycles. The summed E-state index contributed by atoms with van der Waals surface area (Å²) in [4.78, 5) is 22.7. The second-order valence-electron chi connectivity index (χ2n) is 9.52. The van der Waals surface area contributed by atoms with Crippen LogP contribution in [-0.2, 0) is 9.53 Å².